The summed E-state index contributed by atoms with van der Waals surface area (Å²) in [5, 5.41) is 0.924. The van der Waals surface area contributed by atoms with Gasteiger partial charge in [0.25, 0.3) is 0 Å². The normalized spacial score (nSPS) is 11.8. The largest absolute Gasteiger partial charge is 0.451 e. The Bertz CT molecular complexity index is 538. The molecule has 1 rings (SSSR count). The number of hydrogen-bond acceptors (Lipinski definition) is 5. The van der Waals surface area contributed by atoms with Crippen molar-refractivity contribution in [2.45, 2.75) is 6.92 Å². The van der Waals surface area contributed by atoms with Crippen LogP contribution in [0.4, 0.5) is 4.79 Å². The molecule has 6 heteroatoms. The summed E-state index contributed by atoms with van der Waals surface area (Å²) in [4.78, 5) is 20.6. The van der Waals surface area contributed by atoms with Gasteiger partial charge in [-0.2, -0.15) is 0 Å². The summed E-state index contributed by atoms with van der Waals surface area (Å²) in [6.07, 6.45) is 2.61. The van der Waals surface area contributed by atoms with E-state index in [2.05, 4.69) is 16.4 Å². The number of methoxy groups -OCH3 is 1. The van der Waals surface area contributed by atoms with E-state index < -0.39 is 6.09 Å². The van der Waals surface area contributed by atoms with E-state index >= 15 is 0 Å². The minimum Gasteiger partial charge on any atom is -0.451 e. The summed E-state index contributed by atoms with van der Waals surface area (Å²) in [7, 11) is 2.59. The topological polar surface area (TPSA) is 60.4 Å². The molecule has 0 radical (unpaired) electrons. The van der Waals surface area contributed by atoms with Crippen LogP contribution in [0.2, 0.25) is 0 Å². The molecule has 6 nitrogen and oxygen atoms in total. The molecule has 112 valence electrons. The Morgan fingerprint density at radius 3 is 2.43 bits per heavy atom. The average Bonchev–Trinajstić information content (AvgIpc) is 2.53. The monoisotopic (exact) mass is 290 g/mol. The molecule has 1 aromatic rings. The van der Waals surface area contributed by atoms with Crippen LogP contribution in [0.15, 0.2) is 59.1 Å². The predicted octanol–water partition coefficient (Wildman–Crippen LogP) is 3.14. The molecule has 0 unspecified atom stereocenters. The van der Waals surface area contributed by atoms with Gasteiger partial charge in [-0.25, -0.2) is 9.79 Å². The van der Waals surface area contributed by atoms with Crippen molar-refractivity contribution >= 4 is 12.8 Å². The molecule has 0 saturated heterocycles. The van der Waals surface area contributed by atoms with E-state index in [1.54, 1.807) is 31.2 Å². The average molecular weight is 290 g/mol. The molecule has 1 aromatic carbocycles. The van der Waals surface area contributed by atoms with Crippen LogP contribution in [0.25, 0.3) is 0 Å². The molecule has 21 heavy (non-hydrogen) atoms. The van der Waals surface area contributed by atoms with E-state index in [0.717, 1.165) is 5.06 Å². The number of carbonyl (C=O) groups is 1. The van der Waals surface area contributed by atoms with Gasteiger partial charge in [0.15, 0.2) is 0 Å². The number of rotatable bonds is 6. The first-order chi connectivity index (χ1) is 10.2. The first kappa shape index (κ1) is 16.5. The molecule has 0 N–H and O–H groups in total. The van der Waals surface area contributed by atoms with Crippen LogP contribution in [0.1, 0.15) is 6.92 Å². The number of benzene rings is 1. The lowest BCUT2D eigenvalue weighted by molar-refractivity contribution is -0.0783. The number of carbonyl (C=O) groups excluding carboxylic acids is 1. The van der Waals surface area contributed by atoms with Crippen molar-refractivity contribution in [3.63, 3.8) is 0 Å². The third kappa shape index (κ3) is 4.47. The summed E-state index contributed by atoms with van der Waals surface area (Å²) in [6.45, 7) is 5.25. The second-order valence-corrected chi connectivity index (χ2v) is 3.71. The van der Waals surface area contributed by atoms with E-state index in [4.69, 9.17) is 9.57 Å². The van der Waals surface area contributed by atoms with E-state index in [1.807, 2.05) is 18.2 Å². The number of ether oxygens (including phenoxy) is 2. The van der Waals surface area contributed by atoms with Gasteiger partial charge in [-0.1, -0.05) is 24.3 Å². The molecule has 0 spiro atoms. The number of hydrogen-bond donors (Lipinski definition) is 0. The fraction of sp³-hybridized carbons (Fsp3) is 0.200. The lowest BCUT2D eigenvalue weighted by Crippen LogP contribution is -2.30. The molecule has 0 aromatic heterocycles. The fourth-order valence-electron chi connectivity index (χ4n) is 1.50. The van der Waals surface area contributed by atoms with Crippen LogP contribution in [-0.2, 0) is 9.57 Å². The number of hydroxylamine groups is 2. The van der Waals surface area contributed by atoms with Gasteiger partial charge in [-0.3, -0.25) is 4.84 Å². The quantitative estimate of drug-likeness (QED) is 0.349. The summed E-state index contributed by atoms with van der Waals surface area (Å²) < 4.78 is 10.3. The molecule has 0 aliphatic carbocycles. The van der Waals surface area contributed by atoms with Crippen LogP contribution in [0.5, 0.6) is 5.75 Å². The zero-order valence-electron chi connectivity index (χ0n) is 12.3. The van der Waals surface area contributed by atoms with Gasteiger partial charge in [-0.05, 0) is 31.9 Å². The van der Waals surface area contributed by atoms with Crippen molar-refractivity contribution < 1.29 is 19.1 Å². The van der Waals surface area contributed by atoms with Crippen LogP contribution in [0, 0.1) is 0 Å². The predicted molar refractivity (Wildman–Crippen MR) is 79.7 cm³/mol. The molecule has 0 bridgehead atoms. The van der Waals surface area contributed by atoms with Crippen molar-refractivity contribution in [2.75, 3.05) is 14.2 Å². The van der Waals surface area contributed by atoms with E-state index in [1.165, 1.54) is 14.2 Å². The molecule has 0 fully saturated rings. The Kier molecular flexibility index (Phi) is 6.70. The summed E-state index contributed by atoms with van der Waals surface area (Å²) in [5.74, 6) is 0.675. The van der Waals surface area contributed by atoms with Gasteiger partial charge in [0.2, 0.25) is 5.88 Å². The van der Waals surface area contributed by atoms with Gasteiger partial charge in [-0.15, -0.1) is 5.06 Å². The summed E-state index contributed by atoms with van der Waals surface area (Å²) in [6, 6.07) is 9.02. The van der Waals surface area contributed by atoms with Crippen LogP contribution >= 0.6 is 0 Å². The minimum atomic E-state index is -0.705. The molecule has 0 heterocycles. The minimum absolute atomic E-state index is 0.117. The van der Waals surface area contributed by atoms with Crippen LogP contribution in [-0.4, -0.2) is 32.1 Å². The molecular weight excluding hydrogens is 272 g/mol. The lowest BCUT2D eigenvalue weighted by atomic mass is 10.3. The maximum absolute atomic E-state index is 11.7. The van der Waals surface area contributed by atoms with Gasteiger partial charge >= 0.3 is 6.09 Å². The number of amides is 1. The SMILES string of the molecule is C=N/C(Oc1ccccc1)=C(\C=C/C)N(OC)C(=O)OC. The highest BCUT2D eigenvalue weighted by molar-refractivity contribution is 5.69. The number of nitrogens with zero attached hydrogens (tertiary/aromatic N) is 2. The second-order valence-electron chi connectivity index (χ2n) is 3.71. The Labute approximate surface area is 123 Å². The van der Waals surface area contributed by atoms with Crippen LogP contribution < -0.4 is 4.74 Å². The molecule has 0 aliphatic rings. The lowest BCUT2D eigenvalue weighted by Gasteiger charge is -2.20. The maximum Gasteiger partial charge on any atom is 0.438 e. The van der Waals surface area contributed by atoms with Crippen molar-refractivity contribution in [1.82, 2.24) is 5.06 Å². The van der Waals surface area contributed by atoms with E-state index in [-0.39, 0.29) is 11.6 Å². The van der Waals surface area contributed by atoms with E-state index in [0.29, 0.717) is 5.75 Å². The fourth-order valence-corrected chi connectivity index (χ4v) is 1.50. The van der Waals surface area contributed by atoms with Gasteiger partial charge in [0.05, 0.1) is 14.2 Å². The molecule has 0 saturated carbocycles. The maximum atomic E-state index is 11.7. The first-order valence-corrected chi connectivity index (χ1v) is 6.16. The van der Waals surface area contributed by atoms with Crippen molar-refractivity contribution in [1.29, 1.82) is 0 Å². The van der Waals surface area contributed by atoms with Crippen molar-refractivity contribution in [2.24, 2.45) is 4.99 Å². The van der Waals surface area contributed by atoms with Crippen molar-refractivity contribution in [3.05, 3.63) is 54.1 Å². The summed E-state index contributed by atoms with van der Waals surface area (Å²) >= 11 is 0. The number of aliphatic imine (C=N–C) groups is 1. The number of allylic oxidation sites excluding steroid dienone is 2. The van der Waals surface area contributed by atoms with E-state index in [9.17, 15) is 4.79 Å². The first-order valence-electron chi connectivity index (χ1n) is 6.16. The second kappa shape index (κ2) is 8.55. The Morgan fingerprint density at radius 2 is 1.95 bits per heavy atom. The standard InChI is InChI=1S/C15H18N2O4/c1-5-9-13(17(20-4)15(18)19-3)14(16-2)21-12-10-7-6-8-11-12/h5-11H,2H2,1,3-4H3/b9-5-,14-13-. The molecule has 0 aliphatic heterocycles. The zero-order valence-corrected chi connectivity index (χ0v) is 12.3. The van der Waals surface area contributed by atoms with Gasteiger partial charge < -0.3 is 9.47 Å². The van der Waals surface area contributed by atoms with Crippen LogP contribution in [0.3, 0.4) is 0 Å². The molecule has 0 atom stereocenters. The smallest absolute Gasteiger partial charge is 0.438 e. The Hall–Kier alpha value is -2.60. The third-order valence-corrected chi connectivity index (χ3v) is 2.39. The highest BCUT2D eigenvalue weighted by Gasteiger charge is 2.22. The zero-order chi connectivity index (χ0) is 15.7. The Balaban J connectivity index is 3.23. The van der Waals surface area contributed by atoms with Gasteiger partial charge in [0, 0.05) is 0 Å². The molecule has 1 amide bonds. The Morgan fingerprint density at radius 1 is 1.29 bits per heavy atom. The number of para-hydroxylation sites is 1. The van der Waals surface area contributed by atoms with Crippen molar-refractivity contribution in [3.8, 4) is 5.75 Å². The molecular formula is C15H18N2O4. The highest BCUT2D eigenvalue weighted by Crippen LogP contribution is 2.20. The van der Waals surface area contributed by atoms with Gasteiger partial charge in [0.1, 0.15) is 11.4 Å². The third-order valence-electron chi connectivity index (χ3n) is 2.39. The highest BCUT2D eigenvalue weighted by atomic mass is 16.7. The summed E-state index contributed by atoms with van der Waals surface area (Å²) in [5.41, 5.74) is 0.269.